The van der Waals surface area contributed by atoms with E-state index in [9.17, 15) is 4.79 Å². The zero-order valence-corrected chi connectivity index (χ0v) is 8.50. The highest BCUT2D eigenvalue weighted by Gasteiger charge is 2.26. The molecule has 4 heteroatoms. The monoisotopic (exact) mass is 198 g/mol. The van der Waals surface area contributed by atoms with Crippen LogP contribution in [0.4, 0.5) is 0 Å². The van der Waals surface area contributed by atoms with Crippen molar-refractivity contribution in [3.63, 3.8) is 0 Å². The minimum atomic E-state index is -0.0445. The summed E-state index contributed by atoms with van der Waals surface area (Å²) < 4.78 is 0. The molecule has 0 aromatic heterocycles. The van der Waals surface area contributed by atoms with Gasteiger partial charge in [0, 0.05) is 19.6 Å². The molecular formula is C10H18N2O2. The van der Waals surface area contributed by atoms with Crippen LogP contribution in [0.1, 0.15) is 25.7 Å². The van der Waals surface area contributed by atoms with Crippen LogP contribution in [0.3, 0.4) is 0 Å². The van der Waals surface area contributed by atoms with Gasteiger partial charge in [0.05, 0.1) is 5.92 Å². The second kappa shape index (κ2) is 4.75. The van der Waals surface area contributed by atoms with Crippen LogP contribution >= 0.6 is 0 Å². The van der Waals surface area contributed by atoms with Crippen molar-refractivity contribution in [3.05, 3.63) is 0 Å². The molecule has 2 heterocycles. The van der Waals surface area contributed by atoms with E-state index >= 15 is 0 Å². The Bertz CT molecular complexity index is 196. The Morgan fingerprint density at radius 1 is 1.29 bits per heavy atom. The maximum absolute atomic E-state index is 11.6. The van der Waals surface area contributed by atoms with Gasteiger partial charge in [-0.2, -0.15) is 0 Å². The highest BCUT2D eigenvalue weighted by atomic mass is 16.7. The second-order valence-electron chi connectivity index (χ2n) is 4.09. The number of hydroxylamine groups is 2. The smallest absolute Gasteiger partial charge is 0.329 e. The molecule has 0 radical (unpaired) electrons. The Balaban J connectivity index is 1.75. The summed E-state index contributed by atoms with van der Waals surface area (Å²) in [5.41, 5.74) is 0. The van der Waals surface area contributed by atoms with Gasteiger partial charge >= 0.3 is 5.97 Å². The van der Waals surface area contributed by atoms with Gasteiger partial charge in [-0.1, -0.05) is 6.42 Å². The molecule has 0 bridgehead atoms. The Hall–Kier alpha value is -0.610. The van der Waals surface area contributed by atoms with Crippen molar-refractivity contribution in [2.45, 2.75) is 25.7 Å². The SMILES string of the molecule is O=C(ON1CCCCC1)C1CCNC1. The predicted octanol–water partition coefficient (Wildman–Crippen LogP) is 0.540. The second-order valence-corrected chi connectivity index (χ2v) is 4.09. The number of hydrogen-bond acceptors (Lipinski definition) is 4. The number of carbonyl (C=O) groups is 1. The van der Waals surface area contributed by atoms with Crippen molar-refractivity contribution < 1.29 is 9.63 Å². The van der Waals surface area contributed by atoms with Crippen LogP contribution in [0.25, 0.3) is 0 Å². The van der Waals surface area contributed by atoms with Gasteiger partial charge in [0.25, 0.3) is 0 Å². The molecule has 2 rings (SSSR count). The van der Waals surface area contributed by atoms with Gasteiger partial charge in [-0.05, 0) is 25.8 Å². The van der Waals surface area contributed by atoms with Crippen LogP contribution in [-0.4, -0.2) is 37.2 Å². The highest BCUT2D eigenvalue weighted by molar-refractivity contribution is 5.72. The molecule has 80 valence electrons. The molecule has 0 amide bonds. The van der Waals surface area contributed by atoms with Crippen LogP contribution < -0.4 is 5.32 Å². The molecule has 2 aliphatic rings. The van der Waals surface area contributed by atoms with Crippen molar-refractivity contribution in [3.8, 4) is 0 Å². The predicted molar refractivity (Wildman–Crippen MR) is 52.5 cm³/mol. The third-order valence-corrected chi connectivity index (χ3v) is 2.93. The van der Waals surface area contributed by atoms with E-state index in [0.717, 1.165) is 45.4 Å². The molecule has 4 nitrogen and oxygen atoms in total. The lowest BCUT2D eigenvalue weighted by Crippen LogP contribution is -2.35. The Morgan fingerprint density at radius 2 is 2.07 bits per heavy atom. The lowest BCUT2D eigenvalue weighted by Gasteiger charge is -2.25. The molecule has 0 spiro atoms. The average molecular weight is 198 g/mol. The van der Waals surface area contributed by atoms with E-state index in [1.807, 2.05) is 5.06 Å². The summed E-state index contributed by atoms with van der Waals surface area (Å²) in [5.74, 6) is 0.0360. The first-order valence-electron chi connectivity index (χ1n) is 5.54. The fourth-order valence-corrected chi connectivity index (χ4v) is 2.01. The van der Waals surface area contributed by atoms with Crippen LogP contribution in [0, 0.1) is 5.92 Å². The van der Waals surface area contributed by atoms with Gasteiger partial charge in [-0.3, -0.25) is 4.79 Å². The zero-order chi connectivity index (χ0) is 9.80. The summed E-state index contributed by atoms with van der Waals surface area (Å²) in [4.78, 5) is 16.9. The zero-order valence-electron chi connectivity index (χ0n) is 8.50. The van der Waals surface area contributed by atoms with E-state index in [1.54, 1.807) is 0 Å². The van der Waals surface area contributed by atoms with E-state index in [1.165, 1.54) is 6.42 Å². The van der Waals surface area contributed by atoms with Crippen molar-refractivity contribution in [2.24, 2.45) is 5.92 Å². The maximum atomic E-state index is 11.6. The lowest BCUT2D eigenvalue weighted by atomic mass is 10.1. The summed E-state index contributed by atoms with van der Waals surface area (Å²) in [6, 6.07) is 0. The molecule has 0 aliphatic carbocycles. The van der Waals surface area contributed by atoms with Gasteiger partial charge in [0.2, 0.25) is 0 Å². The number of nitrogens with one attached hydrogen (secondary N) is 1. The van der Waals surface area contributed by atoms with Crippen LogP contribution in [0.15, 0.2) is 0 Å². The van der Waals surface area contributed by atoms with Gasteiger partial charge in [0.15, 0.2) is 0 Å². The summed E-state index contributed by atoms with van der Waals surface area (Å²) in [5, 5.41) is 4.99. The van der Waals surface area contributed by atoms with E-state index in [0.29, 0.717) is 0 Å². The summed E-state index contributed by atoms with van der Waals surface area (Å²) in [7, 11) is 0. The number of carbonyl (C=O) groups excluding carboxylic acids is 1. The largest absolute Gasteiger partial charge is 0.368 e. The minimum absolute atomic E-state index is 0.0445. The lowest BCUT2D eigenvalue weighted by molar-refractivity contribution is -0.198. The van der Waals surface area contributed by atoms with E-state index in [-0.39, 0.29) is 11.9 Å². The fourth-order valence-electron chi connectivity index (χ4n) is 2.01. The maximum Gasteiger partial charge on any atom is 0.329 e. The molecule has 0 aromatic carbocycles. The van der Waals surface area contributed by atoms with Crippen molar-refractivity contribution >= 4 is 5.97 Å². The highest BCUT2D eigenvalue weighted by Crippen LogP contribution is 2.14. The molecule has 0 aromatic rings. The van der Waals surface area contributed by atoms with Gasteiger partial charge < -0.3 is 10.2 Å². The van der Waals surface area contributed by atoms with Crippen molar-refractivity contribution in [1.29, 1.82) is 0 Å². The third kappa shape index (κ3) is 2.45. The molecule has 1 atom stereocenters. The average Bonchev–Trinajstić information content (AvgIpc) is 2.72. The van der Waals surface area contributed by atoms with Crippen molar-refractivity contribution in [1.82, 2.24) is 10.4 Å². The molecule has 1 unspecified atom stereocenters. The van der Waals surface area contributed by atoms with E-state index in [4.69, 9.17) is 4.84 Å². The Kier molecular flexibility index (Phi) is 3.37. The first-order chi connectivity index (χ1) is 6.86. The summed E-state index contributed by atoms with van der Waals surface area (Å²) in [6.45, 7) is 3.55. The molecule has 0 saturated carbocycles. The number of nitrogens with zero attached hydrogens (tertiary/aromatic N) is 1. The quantitative estimate of drug-likeness (QED) is 0.703. The molecule has 2 aliphatic heterocycles. The Morgan fingerprint density at radius 3 is 2.71 bits per heavy atom. The summed E-state index contributed by atoms with van der Waals surface area (Å²) >= 11 is 0. The van der Waals surface area contributed by atoms with Gasteiger partial charge in [-0.25, -0.2) is 0 Å². The van der Waals surface area contributed by atoms with Gasteiger partial charge in [-0.15, -0.1) is 5.06 Å². The molecule has 14 heavy (non-hydrogen) atoms. The minimum Gasteiger partial charge on any atom is -0.368 e. The number of hydrogen-bond donors (Lipinski definition) is 1. The van der Waals surface area contributed by atoms with E-state index < -0.39 is 0 Å². The van der Waals surface area contributed by atoms with Crippen molar-refractivity contribution in [2.75, 3.05) is 26.2 Å². The Labute approximate surface area is 84.6 Å². The molecule has 1 N–H and O–H groups in total. The standard InChI is InChI=1S/C10H18N2O2/c13-10(9-4-5-11-8-9)14-12-6-2-1-3-7-12/h9,11H,1-8H2. The molecule has 2 saturated heterocycles. The van der Waals surface area contributed by atoms with Crippen LogP contribution in [0.5, 0.6) is 0 Å². The first kappa shape index (κ1) is 9.93. The molecular weight excluding hydrogens is 180 g/mol. The third-order valence-electron chi connectivity index (χ3n) is 2.93. The molecule has 2 fully saturated rings. The summed E-state index contributed by atoms with van der Waals surface area (Å²) in [6.07, 6.45) is 4.48. The topological polar surface area (TPSA) is 41.6 Å². The van der Waals surface area contributed by atoms with Crippen LogP contribution in [-0.2, 0) is 9.63 Å². The number of rotatable bonds is 2. The normalized spacial score (nSPS) is 29.0. The van der Waals surface area contributed by atoms with Crippen LogP contribution in [0.2, 0.25) is 0 Å². The number of piperidine rings is 1. The van der Waals surface area contributed by atoms with Gasteiger partial charge in [0.1, 0.15) is 0 Å². The van der Waals surface area contributed by atoms with E-state index in [2.05, 4.69) is 5.32 Å². The first-order valence-corrected chi connectivity index (χ1v) is 5.54. The fraction of sp³-hybridized carbons (Fsp3) is 0.900.